The summed E-state index contributed by atoms with van der Waals surface area (Å²) in [6.07, 6.45) is 0. The first-order valence-corrected chi connectivity index (χ1v) is 4.79. The van der Waals surface area contributed by atoms with Crippen molar-refractivity contribution in [1.82, 2.24) is 9.78 Å². The minimum atomic E-state index is -1.40. The van der Waals surface area contributed by atoms with Gasteiger partial charge in [0.1, 0.15) is 5.69 Å². The lowest BCUT2D eigenvalue weighted by molar-refractivity contribution is 0.0688. The molecule has 2 aromatic rings. The van der Waals surface area contributed by atoms with Crippen molar-refractivity contribution in [3.8, 4) is 5.69 Å². The summed E-state index contributed by atoms with van der Waals surface area (Å²) in [5.41, 5.74) is -2.02. The number of benzene rings is 1. The molecule has 0 saturated heterocycles. The number of para-hydroxylation sites is 1. The van der Waals surface area contributed by atoms with Crippen molar-refractivity contribution in [3.05, 3.63) is 58.0 Å². The Labute approximate surface area is 98.9 Å². The van der Waals surface area contributed by atoms with E-state index >= 15 is 0 Å². The number of carboxylic acid groups (broad SMARTS) is 1. The van der Waals surface area contributed by atoms with E-state index in [2.05, 4.69) is 5.10 Å². The second-order valence-electron chi connectivity index (χ2n) is 3.34. The molecule has 18 heavy (non-hydrogen) atoms. The Morgan fingerprint density at radius 1 is 1.17 bits per heavy atom. The lowest BCUT2D eigenvalue weighted by Gasteiger charge is -2.07. The van der Waals surface area contributed by atoms with Gasteiger partial charge in [0.25, 0.3) is 5.56 Å². The number of aromatic carboxylic acids is 1. The highest BCUT2D eigenvalue weighted by Crippen LogP contribution is 2.14. The highest BCUT2D eigenvalue weighted by atomic mass is 19.1. The van der Waals surface area contributed by atoms with E-state index in [1.54, 1.807) is 0 Å². The van der Waals surface area contributed by atoms with Crippen LogP contribution in [0.1, 0.15) is 10.5 Å². The van der Waals surface area contributed by atoms with Crippen LogP contribution >= 0.6 is 0 Å². The number of halogens is 2. The van der Waals surface area contributed by atoms with Gasteiger partial charge in [-0.3, -0.25) is 4.79 Å². The predicted octanol–water partition coefficient (Wildman–Crippen LogP) is 1.21. The van der Waals surface area contributed by atoms with Crippen molar-refractivity contribution in [1.29, 1.82) is 0 Å². The van der Waals surface area contributed by atoms with Crippen LogP contribution in [-0.4, -0.2) is 20.9 Å². The zero-order valence-electron chi connectivity index (χ0n) is 8.80. The lowest BCUT2D eigenvalue weighted by atomic mass is 10.3. The monoisotopic (exact) mass is 252 g/mol. The van der Waals surface area contributed by atoms with Crippen LogP contribution in [0.25, 0.3) is 5.69 Å². The summed E-state index contributed by atoms with van der Waals surface area (Å²) in [6.45, 7) is 0. The fraction of sp³-hybridized carbons (Fsp3) is 0. The molecule has 1 heterocycles. The van der Waals surface area contributed by atoms with Crippen molar-refractivity contribution in [3.63, 3.8) is 0 Å². The standard InChI is InChI=1S/C11H6F2N2O3/c12-6-2-1-3-7(13)10(6)15-9(16)5-4-8(14-15)11(17)18/h1-5H,(H,17,18). The number of carboxylic acids is 1. The van der Waals surface area contributed by atoms with Crippen molar-refractivity contribution < 1.29 is 18.7 Å². The Bertz CT molecular complexity index is 662. The summed E-state index contributed by atoms with van der Waals surface area (Å²) < 4.78 is 27.3. The van der Waals surface area contributed by atoms with E-state index in [1.165, 1.54) is 0 Å². The van der Waals surface area contributed by atoms with Gasteiger partial charge in [-0.2, -0.15) is 9.78 Å². The number of carbonyl (C=O) groups is 1. The molecule has 0 saturated carbocycles. The number of hydrogen-bond acceptors (Lipinski definition) is 3. The van der Waals surface area contributed by atoms with E-state index in [9.17, 15) is 18.4 Å². The molecule has 0 bridgehead atoms. The van der Waals surface area contributed by atoms with Gasteiger partial charge < -0.3 is 5.11 Å². The maximum Gasteiger partial charge on any atom is 0.356 e. The van der Waals surface area contributed by atoms with E-state index in [1.807, 2.05) is 0 Å². The number of nitrogens with zero attached hydrogens (tertiary/aromatic N) is 2. The maximum atomic E-state index is 13.5. The SMILES string of the molecule is O=C(O)c1ccc(=O)n(-c2c(F)cccc2F)n1. The predicted molar refractivity (Wildman–Crippen MR) is 56.7 cm³/mol. The molecule has 0 aliphatic carbocycles. The molecule has 0 amide bonds. The molecule has 1 N–H and O–H groups in total. The highest BCUT2D eigenvalue weighted by molar-refractivity contribution is 5.84. The van der Waals surface area contributed by atoms with Crippen molar-refractivity contribution in [2.24, 2.45) is 0 Å². The molecule has 0 atom stereocenters. The van der Waals surface area contributed by atoms with Gasteiger partial charge >= 0.3 is 5.97 Å². The molecule has 2 rings (SSSR count). The number of aromatic nitrogens is 2. The fourth-order valence-electron chi connectivity index (χ4n) is 1.38. The second-order valence-corrected chi connectivity index (χ2v) is 3.34. The lowest BCUT2D eigenvalue weighted by Crippen LogP contribution is -2.24. The zero-order valence-corrected chi connectivity index (χ0v) is 8.80. The molecule has 0 spiro atoms. The van der Waals surface area contributed by atoms with Crippen molar-refractivity contribution in [2.45, 2.75) is 0 Å². The average molecular weight is 252 g/mol. The van der Waals surface area contributed by atoms with Gasteiger partial charge in [-0.25, -0.2) is 13.6 Å². The minimum absolute atomic E-state index is 0.383. The van der Waals surface area contributed by atoms with Crippen LogP contribution in [0.15, 0.2) is 35.1 Å². The fourth-order valence-corrected chi connectivity index (χ4v) is 1.38. The Hall–Kier alpha value is -2.57. The molecule has 7 heteroatoms. The molecule has 0 aliphatic rings. The normalized spacial score (nSPS) is 10.3. The largest absolute Gasteiger partial charge is 0.476 e. The summed E-state index contributed by atoms with van der Waals surface area (Å²) in [5, 5.41) is 12.1. The first-order chi connectivity index (χ1) is 8.50. The zero-order chi connectivity index (χ0) is 13.3. The first-order valence-electron chi connectivity index (χ1n) is 4.79. The Morgan fingerprint density at radius 2 is 1.78 bits per heavy atom. The summed E-state index contributed by atoms with van der Waals surface area (Å²) in [5.74, 6) is -3.42. The van der Waals surface area contributed by atoms with Crippen LogP contribution < -0.4 is 5.56 Å². The molecule has 1 aromatic carbocycles. The Balaban J connectivity index is 2.75. The third-order valence-electron chi connectivity index (χ3n) is 2.17. The van der Waals surface area contributed by atoms with Gasteiger partial charge in [-0.15, -0.1) is 0 Å². The summed E-state index contributed by atoms with van der Waals surface area (Å²) in [7, 11) is 0. The topological polar surface area (TPSA) is 72.2 Å². The van der Waals surface area contributed by atoms with Crippen LogP contribution in [-0.2, 0) is 0 Å². The Kier molecular flexibility index (Phi) is 2.88. The Morgan fingerprint density at radius 3 is 2.33 bits per heavy atom. The molecule has 1 aromatic heterocycles. The second kappa shape index (κ2) is 4.36. The molecule has 0 fully saturated rings. The molecule has 0 aliphatic heterocycles. The van der Waals surface area contributed by atoms with Gasteiger partial charge in [0.05, 0.1) is 0 Å². The van der Waals surface area contributed by atoms with Crippen LogP contribution in [0, 0.1) is 11.6 Å². The third-order valence-corrected chi connectivity index (χ3v) is 2.17. The van der Waals surface area contributed by atoms with Gasteiger partial charge in [0, 0.05) is 6.07 Å². The van der Waals surface area contributed by atoms with Gasteiger partial charge in [-0.1, -0.05) is 6.07 Å². The summed E-state index contributed by atoms with van der Waals surface area (Å²) in [6, 6.07) is 4.85. The number of hydrogen-bond donors (Lipinski definition) is 1. The summed E-state index contributed by atoms with van der Waals surface area (Å²) >= 11 is 0. The molecule has 92 valence electrons. The van der Waals surface area contributed by atoms with E-state index in [4.69, 9.17) is 5.11 Å². The van der Waals surface area contributed by atoms with Crippen molar-refractivity contribution >= 4 is 5.97 Å². The maximum absolute atomic E-state index is 13.5. The molecule has 5 nitrogen and oxygen atoms in total. The van der Waals surface area contributed by atoms with Crippen LogP contribution in [0.2, 0.25) is 0 Å². The van der Waals surface area contributed by atoms with E-state index in [0.717, 1.165) is 30.3 Å². The molecule has 0 unspecified atom stereocenters. The van der Waals surface area contributed by atoms with E-state index < -0.39 is 34.5 Å². The quantitative estimate of drug-likeness (QED) is 0.871. The average Bonchev–Trinajstić information content (AvgIpc) is 2.30. The first kappa shape index (κ1) is 11.9. The van der Waals surface area contributed by atoms with Crippen molar-refractivity contribution in [2.75, 3.05) is 0 Å². The van der Waals surface area contributed by atoms with Gasteiger partial charge in [0.15, 0.2) is 17.3 Å². The van der Waals surface area contributed by atoms with Crippen LogP contribution in [0.4, 0.5) is 8.78 Å². The molecular weight excluding hydrogens is 246 g/mol. The highest BCUT2D eigenvalue weighted by Gasteiger charge is 2.15. The number of rotatable bonds is 2. The minimum Gasteiger partial charge on any atom is -0.476 e. The molecule has 0 radical (unpaired) electrons. The third kappa shape index (κ3) is 1.97. The molecular formula is C11H6F2N2O3. The van der Waals surface area contributed by atoms with Crippen LogP contribution in [0.5, 0.6) is 0 Å². The smallest absolute Gasteiger partial charge is 0.356 e. The van der Waals surface area contributed by atoms with Gasteiger partial charge in [-0.05, 0) is 18.2 Å². The van der Waals surface area contributed by atoms with E-state index in [-0.39, 0.29) is 0 Å². The van der Waals surface area contributed by atoms with Gasteiger partial charge in [0.2, 0.25) is 0 Å². The van der Waals surface area contributed by atoms with Crippen LogP contribution in [0.3, 0.4) is 0 Å². The van der Waals surface area contributed by atoms with E-state index in [0.29, 0.717) is 4.68 Å². The summed E-state index contributed by atoms with van der Waals surface area (Å²) in [4.78, 5) is 22.2.